The summed E-state index contributed by atoms with van der Waals surface area (Å²) in [4.78, 5) is 14.1. The van der Waals surface area contributed by atoms with Gasteiger partial charge in [-0.2, -0.15) is 0 Å². The van der Waals surface area contributed by atoms with Crippen LogP contribution < -0.4 is 5.32 Å². The van der Waals surface area contributed by atoms with Crippen LogP contribution in [0.3, 0.4) is 0 Å². The van der Waals surface area contributed by atoms with E-state index in [0.717, 1.165) is 30.8 Å². The van der Waals surface area contributed by atoms with Crippen LogP contribution >= 0.6 is 0 Å². The van der Waals surface area contributed by atoms with Crippen LogP contribution in [-0.4, -0.2) is 48.6 Å². The quantitative estimate of drug-likeness (QED) is 0.742. The molecule has 0 saturated heterocycles. The molecule has 18 heavy (non-hydrogen) atoms. The molecule has 0 aliphatic carbocycles. The van der Waals surface area contributed by atoms with E-state index in [1.165, 1.54) is 5.56 Å². The molecule has 0 spiro atoms. The Labute approximate surface area is 108 Å². The number of ketones is 1. The van der Waals surface area contributed by atoms with E-state index in [1.54, 1.807) is 0 Å². The number of rotatable bonds is 6. The molecule has 1 aromatic carbocycles. The van der Waals surface area contributed by atoms with Crippen molar-refractivity contribution in [2.75, 3.05) is 38.1 Å². The largest absolute Gasteiger partial charge is 0.395 e. The van der Waals surface area contributed by atoms with E-state index < -0.39 is 0 Å². The topological polar surface area (TPSA) is 52.6 Å². The van der Waals surface area contributed by atoms with E-state index in [1.807, 2.05) is 30.0 Å². The van der Waals surface area contributed by atoms with Gasteiger partial charge in [0.15, 0.2) is 5.78 Å². The van der Waals surface area contributed by atoms with Crippen molar-refractivity contribution in [3.05, 3.63) is 29.3 Å². The number of fused-ring (bicyclic) bond motifs is 1. The zero-order chi connectivity index (χ0) is 13.0. The van der Waals surface area contributed by atoms with E-state index in [0.29, 0.717) is 13.1 Å². The van der Waals surface area contributed by atoms with Gasteiger partial charge in [-0.15, -0.1) is 0 Å². The van der Waals surface area contributed by atoms with Gasteiger partial charge in [-0.3, -0.25) is 9.69 Å². The number of hydrogen-bond acceptors (Lipinski definition) is 4. The molecule has 2 N–H and O–H groups in total. The first-order valence-electron chi connectivity index (χ1n) is 6.47. The highest BCUT2D eigenvalue weighted by molar-refractivity contribution is 5.98. The average Bonchev–Trinajstić information content (AvgIpc) is 2.85. The van der Waals surface area contributed by atoms with Crippen molar-refractivity contribution in [1.82, 2.24) is 4.90 Å². The molecule has 0 fully saturated rings. The Morgan fingerprint density at radius 3 is 3.06 bits per heavy atom. The number of carbonyl (C=O) groups excluding carboxylic acids is 1. The molecule has 1 aliphatic rings. The first-order chi connectivity index (χ1) is 8.74. The summed E-state index contributed by atoms with van der Waals surface area (Å²) in [5.41, 5.74) is 3.15. The summed E-state index contributed by atoms with van der Waals surface area (Å²) < 4.78 is 0. The zero-order valence-corrected chi connectivity index (χ0v) is 10.8. The van der Waals surface area contributed by atoms with Gasteiger partial charge in [-0.25, -0.2) is 0 Å². The third kappa shape index (κ3) is 2.89. The van der Waals surface area contributed by atoms with Gasteiger partial charge < -0.3 is 10.4 Å². The summed E-state index contributed by atoms with van der Waals surface area (Å²) in [6.45, 7) is 4.75. The summed E-state index contributed by atoms with van der Waals surface area (Å²) in [6.07, 6.45) is 0.991. The van der Waals surface area contributed by atoms with Crippen LogP contribution in [0.5, 0.6) is 0 Å². The first-order valence-corrected chi connectivity index (χ1v) is 6.47. The molecule has 4 nitrogen and oxygen atoms in total. The van der Waals surface area contributed by atoms with Gasteiger partial charge in [0.25, 0.3) is 0 Å². The second kappa shape index (κ2) is 5.98. The number of aliphatic hydroxyl groups is 1. The molecule has 0 saturated carbocycles. The molecule has 1 aromatic rings. The standard InChI is InChI=1S/C14H20N2O2/c1-2-16(7-8-17)10-14(18)12-3-4-13-11(9-12)5-6-15-13/h3-4,9,15,17H,2,5-8,10H2,1H3. The lowest BCUT2D eigenvalue weighted by Gasteiger charge is -2.18. The van der Waals surface area contributed by atoms with Gasteiger partial charge in [0.05, 0.1) is 13.2 Å². The number of benzene rings is 1. The van der Waals surface area contributed by atoms with Crippen LogP contribution in [0.2, 0.25) is 0 Å². The summed E-state index contributed by atoms with van der Waals surface area (Å²) in [5, 5.41) is 12.2. The van der Waals surface area contributed by atoms with Gasteiger partial charge >= 0.3 is 0 Å². The van der Waals surface area contributed by atoms with E-state index in [9.17, 15) is 4.79 Å². The van der Waals surface area contributed by atoms with Gasteiger partial charge in [-0.05, 0) is 36.7 Å². The molecule has 0 unspecified atom stereocenters. The molecule has 0 aromatic heterocycles. The van der Waals surface area contributed by atoms with Crippen molar-refractivity contribution in [3.63, 3.8) is 0 Å². The Balaban J connectivity index is 2.04. The molecule has 1 aliphatic heterocycles. The molecule has 4 heteroatoms. The van der Waals surface area contributed by atoms with Gasteiger partial charge in [0.1, 0.15) is 0 Å². The van der Waals surface area contributed by atoms with Crippen molar-refractivity contribution < 1.29 is 9.90 Å². The SMILES string of the molecule is CCN(CCO)CC(=O)c1ccc2c(c1)CCN2. The fourth-order valence-corrected chi connectivity index (χ4v) is 2.26. The minimum atomic E-state index is 0.0925. The van der Waals surface area contributed by atoms with E-state index in [4.69, 9.17) is 5.11 Å². The molecule has 0 bridgehead atoms. The predicted molar refractivity (Wildman–Crippen MR) is 72.2 cm³/mol. The molecule has 0 radical (unpaired) electrons. The number of aliphatic hydroxyl groups excluding tert-OH is 1. The lowest BCUT2D eigenvalue weighted by molar-refractivity contribution is 0.0919. The Morgan fingerprint density at radius 2 is 2.33 bits per heavy atom. The van der Waals surface area contributed by atoms with Crippen LogP contribution in [0.4, 0.5) is 5.69 Å². The third-order valence-corrected chi connectivity index (χ3v) is 3.37. The number of hydrogen-bond donors (Lipinski definition) is 2. The second-order valence-corrected chi connectivity index (χ2v) is 4.56. The number of nitrogens with zero attached hydrogens (tertiary/aromatic N) is 1. The van der Waals surface area contributed by atoms with Gasteiger partial charge in [0, 0.05) is 24.3 Å². The van der Waals surface area contributed by atoms with Crippen molar-refractivity contribution in [2.24, 2.45) is 0 Å². The normalized spacial score (nSPS) is 13.5. The summed E-state index contributed by atoms with van der Waals surface area (Å²) in [6, 6.07) is 5.86. The summed E-state index contributed by atoms with van der Waals surface area (Å²) in [5.74, 6) is 0.125. The second-order valence-electron chi connectivity index (χ2n) is 4.56. The Hall–Kier alpha value is -1.39. The van der Waals surface area contributed by atoms with E-state index in [2.05, 4.69) is 5.32 Å². The molecule has 0 atom stereocenters. The van der Waals surface area contributed by atoms with Gasteiger partial charge in [0.2, 0.25) is 0 Å². The van der Waals surface area contributed by atoms with Crippen molar-refractivity contribution >= 4 is 11.5 Å². The Kier molecular flexibility index (Phi) is 4.33. The molecular weight excluding hydrogens is 228 g/mol. The molecule has 1 heterocycles. The van der Waals surface area contributed by atoms with E-state index in [-0.39, 0.29) is 12.4 Å². The maximum atomic E-state index is 12.1. The molecular formula is C14H20N2O2. The number of likely N-dealkylation sites (N-methyl/N-ethyl adjacent to an activating group) is 1. The smallest absolute Gasteiger partial charge is 0.176 e. The maximum Gasteiger partial charge on any atom is 0.176 e. The summed E-state index contributed by atoms with van der Waals surface area (Å²) >= 11 is 0. The van der Waals surface area contributed by atoms with Crippen molar-refractivity contribution in [2.45, 2.75) is 13.3 Å². The third-order valence-electron chi connectivity index (χ3n) is 3.37. The zero-order valence-electron chi connectivity index (χ0n) is 10.8. The number of anilines is 1. The summed E-state index contributed by atoms with van der Waals surface area (Å²) in [7, 11) is 0. The maximum absolute atomic E-state index is 12.1. The van der Waals surface area contributed by atoms with E-state index >= 15 is 0 Å². The Bertz CT molecular complexity index is 432. The average molecular weight is 248 g/mol. The highest BCUT2D eigenvalue weighted by Crippen LogP contribution is 2.23. The van der Waals surface area contributed by atoms with Gasteiger partial charge in [-0.1, -0.05) is 6.92 Å². The molecule has 0 amide bonds. The van der Waals surface area contributed by atoms with Crippen LogP contribution in [0.15, 0.2) is 18.2 Å². The van der Waals surface area contributed by atoms with Crippen molar-refractivity contribution in [3.8, 4) is 0 Å². The monoisotopic (exact) mass is 248 g/mol. The first kappa shape index (κ1) is 13.1. The highest BCUT2D eigenvalue weighted by atomic mass is 16.3. The van der Waals surface area contributed by atoms with Crippen LogP contribution in [-0.2, 0) is 6.42 Å². The van der Waals surface area contributed by atoms with Crippen LogP contribution in [0.25, 0.3) is 0 Å². The minimum absolute atomic E-state index is 0.0925. The molecule has 98 valence electrons. The number of Topliss-reactive ketones (excluding diaryl/α,β-unsaturated/α-hetero) is 1. The van der Waals surface area contributed by atoms with Crippen LogP contribution in [0, 0.1) is 0 Å². The Morgan fingerprint density at radius 1 is 1.50 bits per heavy atom. The highest BCUT2D eigenvalue weighted by Gasteiger charge is 2.15. The fraction of sp³-hybridized carbons (Fsp3) is 0.500. The molecule has 2 rings (SSSR count). The minimum Gasteiger partial charge on any atom is -0.395 e. The number of nitrogens with one attached hydrogen (secondary N) is 1. The van der Waals surface area contributed by atoms with Crippen LogP contribution in [0.1, 0.15) is 22.8 Å². The number of carbonyl (C=O) groups is 1. The fourth-order valence-electron chi connectivity index (χ4n) is 2.26. The van der Waals surface area contributed by atoms with Crippen molar-refractivity contribution in [1.29, 1.82) is 0 Å². The lowest BCUT2D eigenvalue weighted by atomic mass is 10.0. The lowest BCUT2D eigenvalue weighted by Crippen LogP contribution is -2.32. The predicted octanol–water partition coefficient (Wildman–Crippen LogP) is 1.15.